The zero-order valence-corrected chi connectivity index (χ0v) is 22.7. The van der Waals surface area contributed by atoms with E-state index in [-0.39, 0.29) is 17.6 Å². The van der Waals surface area contributed by atoms with E-state index in [0.29, 0.717) is 42.3 Å². The maximum atomic E-state index is 12.9. The summed E-state index contributed by atoms with van der Waals surface area (Å²) in [5.74, 6) is 0.814. The van der Waals surface area contributed by atoms with Crippen LogP contribution in [0.15, 0.2) is 65.4 Å². The van der Waals surface area contributed by atoms with Crippen LogP contribution in [0.2, 0.25) is 5.02 Å². The molecule has 0 unspecified atom stereocenters. The molecule has 0 saturated carbocycles. The molecule has 8 heteroatoms. The maximum absolute atomic E-state index is 12.9. The van der Waals surface area contributed by atoms with Crippen molar-refractivity contribution in [2.24, 2.45) is 5.92 Å². The van der Waals surface area contributed by atoms with Crippen molar-refractivity contribution in [2.75, 3.05) is 26.2 Å². The molecule has 1 aromatic heterocycles. The lowest BCUT2D eigenvalue weighted by Crippen LogP contribution is -2.46. The van der Waals surface area contributed by atoms with E-state index in [0.717, 1.165) is 40.7 Å². The predicted octanol–water partition coefficient (Wildman–Crippen LogP) is 5.59. The van der Waals surface area contributed by atoms with Crippen LogP contribution in [0.4, 0.5) is 0 Å². The van der Waals surface area contributed by atoms with Crippen LogP contribution in [0.3, 0.4) is 0 Å². The van der Waals surface area contributed by atoms with Crippen molar-refractivity contribution < 1.29 is 14.3 Å². The van der Waals surface area contributed by atoms with Crippen molar-refractivity contribution >= 4 is 51.4 Å². The third kappa shape index (κ3) is 8.25. The third-order valence-corrected chi connectivity index (χ3v) is 7.06. The van der Waals surface area contributed by atoms with Crippen molar-refractivity contribution in [2.45, 2.75) is 19.3 Å². The lowest BCUT2D eigenvalue weighted by atomic mass is 9.95. The summed E-state index contributed by atoms with van der Waals surface area (Å²) < 4.78 is 6.90. The second-order valence-corrected chi connectivity index (χ2v) is 10.2. The number of aromatic nitrogens is 1. The Morgan fingerprint density at radius 3 is 2.65 bits per heavy atom. The second kappa shape index (κ2) is 13.5. The fraction of sp³-hybridized carbons (Fsp3) is 0.276. The molecule has 2 aromatic carbocycles. The molecular weight excluding hydrogens is 554 g/mol. The molecule has 0 aliphatic carbocycles. The number of pyridine rings is 1. The van der Waals surface area contributed by atoms with Gasteiger partial charge in [0.1, 0.15) is 11.5 Å². The Morgan fingerprint density at radius 1 is 1.11 bits per heavy atom. The summed E-state index contributed by atoms with van der Waals surface area (Å²) in [6.45, 7) is 2.45. The van der Waals surface area contributed by atoms with Gasteiger partial charge >= 0.3 is 0 Å². The highest BCUT2D eigenvalue weighted by Crippen LogP contribution is 2.25. The molecule has 0 bridgehead atoms. The van der Waals surface area contributed by atoms with Crippen LogP contribution in [0.5, 0.6) is 5.75 Å². The number of ether oxygens (including phenoxy) is 1. The smallest absolute Gasteiger partial charge is 0.251 e. The molecule has 0 atom stereocenters. The van der Waals surface area contributed by atoms with Crippen LogP contribution in [0.1, 0.15) is 39.9 Å². The fourth-order valence-corrected chi connectivity index (χ4v) is 4.69. The van der Waals surface area contributed by atoms with E-state index >= 15 is 0 Å². The molecular formula is C29H29BrClN3O3. The highest BCUT2D eigenvalue weighted by Gasteiger charge is 2.23. The van der Waals surface area contributed by atoms with Gasteiger partial charge in [-0.15, -0.1) is 0 Å². The Labute approximate surface area is 230 Å². The van der Waals surface area contributed by atoms with Crippen LogP contribution in [0, 0.1) is 5.92 Å². The summed E-state index contributed by atoms with van der Waals surface area (Å²) >= 11 is 9.59. The van der Waals surface area contributed by atoms with Gasteiger partial charge in [0.2, 0.25) is 0 Å². The Balaban J connectivity index is 1.43. The average Bonchev–Trinajstić information content (AvgIpc) is 2.85. The van der Waals surface area contributed by atoms with Gasteiger partial charge in [-0.05, 0) is 65.6 Å². The second-order valence-electron chi connectivity index (χ2n) is 8.92. The van der Waals surface area contributed by atoms with Gasteiger partial charge in [-0.1, -0.05) is 45.7 Å². The highest BCUT2D eigenvalue weighted by molar-refractivity contribution is 9.10. The van der Waals surface area contributed by atoms with Gasteiger partial charge < -0.3 is 15.4 Å². The molecule has 1 aliphatic rings. The van der Waals surface area contributed by atoms with Gasteiger partial charge in [-0.2, -0.15) is 0 Å². The number of rotatable bonds is 12. The molecule has 3 aromatic rings. The van der Waals surface area contributed by atoms with Crippen molar-refractivity contribution in [1.82, 2.24) is 15.6 Å². The number of ketones is 1. The molecule has 192 valence electrons. The van der Waals surface area contributed by atoms with Crippen LogP contribution < -0.4 is 15.4 Å². The Kier molecular flexibility index (Phi) is 9.88. The van der Waals surface area contributed by atoms with Gasteiger partial charge in [0, 0.05) is 65.8 Å². The number of benzene rings is 2. The van der Waals surface area contributed by atoms with Gasteiger partial charge in [0.05, 0.1) is 6.61 Å². The van der Waals surface area contributed by atoms with E-state index < -0.39 is 0 Å². The minimum absolute atomic E-state index is 0.131. The van der Waals surface area contributed by atoms with Gasteiger partial charge in [-0.25, -0.2) is 0 Å². The molecule has 1 aliphatic heterocycles. The molecule has 0 spiro atoms. The Bertz CT molecular complexity index is 1260. The zero-order chi connectivity index (χ0) is 26.0. The largest absolute Gasteiger partial charge is 0.493 e. The van der Waals surface area contributed by atoms with Crippen LogP contribution >= 0.6 is 27.5 Å². The summed E-state index contributed by atoms with van der Waals surface area (Å²) in [7, 11) is 0. The van der Waals surface area contributed by atoms with E-state index in [1.807, 2.05) is 54.6 Å². The van der Waals surface area contributed by atoms with Crippen molar-refractivity contribution in [1.29, 1.82) is 0 Å². The minimum atomic E-state index is -0.195. The maximum Gasteiger partial charge on any atom is 0.251 e. The van der Waals surface area contributed by atoms with Crippen LogP contribution in [-0.4, -0.2) is 42.9 Å². The third-order valence-electron chi connectivity index (χ3n) is 6.14. The predicted molar refractivity (Wildman–Crippen MR) is 151 cm³/mol. The summed E-state index contributed by atoms with van der Waals surface area (Å²) in [5, 5.41) is 6.70. The first-order chi connectivity index (χ1) is 18.0. The van der Waals surface area contributed by atoms with Crippen LogP contribution in [-0.2, 0) is 11.2 Å². The number of carbonyl (C=O) groups is 2. The Morgan fingerprint density at radius 2 is 1.92 bits per heavy atom. The SMILES string of the molecule is O=C(NCCCC(=O)C1CNC1)c1cc(/C=C/c2ccc(Cl)cc2Br)cc(OCCc2ccncc2)c1. The standard InChI is InChI=1S/C29H29BrClN3O3/c30-27-17-25(31)6-5-22(27)4-3-21-14-23(29(36)34-10-1-2-28(35)24-18-33-19-24)16-26(15-21)37-13-9-20-7-11-32-12-8-20/h3-8,11-12,14-17,24,33H,1-2,9-10,13,18-19H2,(H,34,36)/b4-3+. The summed E-state index contributed by atoms with van der Waals surface area (Å²) in [4.78, 5) is 29.1. The molecule has 4 rings (SSSR count). The molecule has 37 heavy (non-hydrogen) atoms. The highest BCUT2D eigenvalue weighted by atomic mass is 79.9. The van der Waals surface area contributed by atoms with E-state index in [1.165, 1.54) is 0 Å². The fourth-order valence-electron chi connectivity index (χ4n) is 3.88. The molecule has 2 N–H and O–H groups in total. The van der Waals surface area contributed by atoms with Gasteiger partial charge in [0.15, 0.2) is 0 Å². The Hall–Kier alpha value is -3.00. The number of amides is 1. The number of hydrogen-bond acceptors (Lipinski definition) is 5. The summed E-state index contributed by atoms with van der Waals surface area (Å²) in [6, 6.07) is 15.0. The summed E-state index contributed by atoms with van der Waals surface area (Å²) in [6.07, 6.45) is 9.25. The van der Waals surface area contributed by atoms with E-state index in [2.05, 4.69) is 31.5 Å². The molecule has 1 amide bonds. The van der Waals surface area contributed by atoms with Crippen molar-refractivity contribution in [3.63, 3.8) is 0 Å². The quantitative estimate of drug-likeness (QED) is 0.215. The number of nitrogens with zero attached hydrogens (tertiary/aromatic N) is 1. The molecule has 0 radical (unpaired) electrons. The monoisotopic (exact) mass is 581 g/mol. The average molecular weight is 583 g/mol. The molecule has 1 saturated heterocycles. The first kappa shape index (κ1) is 27.0. The van der Waals surface area contributed by atoms with E-state index in [4.69, 9.17) is 16.3 Å². The van der Waals surface area contributed by atoms with Crippen molar-refractivity contribution in [3.05, 3.63) is 92.7 Å². The topological polar surface area (TPSA) is 80.3 Å². The van der Waals surface area contributed by atoms with Crippen molar-refractivity contribution in [3.8, 4) is 5.75 Å². The summed E-state index contributed by atoms with van der Waals surface area (Å²) in [5.41, 5.74) is 3.43. The van der Waals surface area contributed by atoms with Gasteiger partial charge in [0.25, 0.3) is 5.91 Å². The lowest BCUT2D eigenvalue weighted by molar-refractivity contribution is -0.124. The lowest BCUT2D eigenvalue weighted by Gasteiger charge is -2.25. The molecule has 1 fully saturated rings. The molecule has 2 heterocycles. The van der Waals surface area contributed by atoms with E-state index in [9.17, 15) is 9.59 Å². The van der Waals surface area contributed by atoms with Crippen LogP contribution in [0.25, 0.3) is 12.2 Å². The van der Waals surface area contributed by atoms with E-state index in [1.54, 1.807) is 18.5 Å². The zero-order valence-electron chi connectivity index (χ0n) is 20.4. The number of halogens is 2. The number of carbonyl (C=O) groups excluding carboxylic acids is 2. The minimum Gasteiger partial charge on any atom is -0.493 e. The molecule has 6 nitrogen and oxygen atoms in total. The number of nitrogens with one attached hydrogen (secondary N) is 2. The van der Waals surface area contributed by atoms with Gasteiger partial charge in [-0.3, -0.25) is 14.6 Å². The number of Topliss-reactive ketones (excluding diaryl/α,β-unsaturated/α-hetero) is 1. The normalized spacial score (nSPS) is 13.4. The first-order valence-corrected chi connectivity index (χ1v) is 13.5. The number of hydrogen-bond donors (Lipinski definition) is 2. The first-order valence-electron chi connectivity index (χ1n) is 12.3.